The summed E-state index contributed by atoms with van der Waals surface area (Å²) in [7, 11) is 1.06. The Labute approximate surface area is 152 Å². The Morgan fingerprint density at radius 2 is 2.04 bits per heavy atom. The van der Waals surface area contributed by atoms with Crippen LogP contribution in [0.4, 0.5) is 17.6 Å². The summed E-state index contributed by atoms with van der Waals surface area (Å²) in [6, 6.07) is 1.40. The van der Waals surface area contributed by atoms with Crippen LogP contribution in [0.1, 0.15) is 43.0 Å². The fourth-order valence-corrected chi connectivity index (χ4v) is 3.74. The van der Waals surface area contributed by atoms with E-state index in [0.717, 1.165) is 20.1 Å². The fourth-order valence-electron chi connectivity index (χ4n) is 3.74. The van der Waals surface area contributed by atoms with E-state index in [2.05, 4.69) is 5.32 Å². The van der Waals surface area contributed by atoms with Crippen molar-refractivity contribution in [2.24, 2.45) is 0 Å². The summed E-state index contributed by atoms with van der Waals surface area (Å²) in [5, 5.41) is 2.72. The van der Waals surface area contributed by atoms with Crippen LogP contribution < -0.4 is 5.32 Å². The Kier molecular flexibility index (Phi) is 5.08. The lowest BCUT2D eigenvalue weighted by Crippen LogP contribution is -2.32. The first kappa shape index (κ1) is 19.1. The molecule has 3 rings (SSSR count). The highest BCUT2D eigenvalue weighted by Gasteiger charge is 2.43. The molecule has 1 aliphatic carbocycles. The minimum absolute atomic E-state index is 0.0829. The van der Waals surface area contributed by atoms with Gasteiger partial charge in [-0.15, -0.1) is 0 Å². The van der Waals surface area contributed by atoms with Gasteiger partial charge >= 0.3 is 5.97 Å². The Balaban J connectivity index is 2.35. The third-order valence-corrected chi connectivity index (χ3v) is 4.81. The lowest BCUT2D eigenvalue weighted by molar-refractivity contribution is -0.136. The summed E-state index contributed by atoms with van der Waals surface area (Å²) >= 11 is 0. The highest BCUT2D eigenvalue weighted by Crippen LogP contribution is 2.46. The topological polar surface area (TPSA) is 55.4 Å². The highest BCUT2D eigenvalue weighted by molar-refractivity contribution is 6.05. The molecule has 1 aromatic rings. The van der Waals surface area contributed by atoms with Gasteiger partial charge in [0.05, 0.1) is 18.4 Å². The second-order valence-corrected chi connectivity index (χ2v) is 6.40. The predicted octanol–water partition coefficient (Wildman–Crippen LogP) is 3.70. The Morgan fingerprint density at radius 3 is 2.63 bits per heavy atom. The van der Waals surface area contributed by atoms with Crippen LogP contribution in [-0.2, 0) is 14.3 Å². The minimum atomic E-state index is -1.84. The van der Waals surface area contributed by atoms with E-state index in [9.17, 15) is 27.2 Å². The molecule has 0 fully saturated rings. The molecule has 1 aromatic carbocycles. The van der Waals surface area contributed by atoms with Gasteiger partial charge in [-0.2, -0.15) is 0 Å². The molecule has 2 atom stereocenters. The number of ketones is 1. The summed E-state index contributed by atoms with van der Waals surface area (Å²) in [6.07, 6.45) is -1.48. The molecule has 144 valence electrons. The fraction of sp³-hybridized carbons (Fsp3) is 0.368. The first-order valence-corrected chi connectivity index (χ1v) is 8.33. The lowest BCUT2D eigenvalue weighted by atomic mass is 9.77. The molecule has 0 saturated heterocycles. The third kappa shape index (κ3) is 3.13. The number of nitrogens with one attached hydrogen (secondary N) is 1. The molecular formula is C19H17F4NO3. The molecule has 1 N–H and O–H groups in total. The number of Topliss-reactive ketones (excluding diaryl/α,β-unsaturated/α-hetero) is 1. The summed E-state index contributed by atoms with van der Waals surface area (Å²) in [6.45, 7) is -0.0333. The van der Waals surface area contributed by atoms with E-state index in [1.165, 1.54) is 0 Å². The van der Waals surface area contributed by atoms with Crippen molar-refractivity contribution < 1.29 is 31.9 Å². The Morgan fingerprint density at radius 1 is 1.33 bits per heavy atom. The van der Waals surface area contributed by atoms with Gasteiger partial charge in [0, 0.05) is 35.2 Å². The van der Waals surface area contributed by atoms with Crippen LogP contribution in [0.3, 0.4) is 0 Å². The molecule has 0 bridgehead atoms. The van der Waals surface area contributed by atoms with Gasteiger partial charge in [-0.1, -0.05) is 0 Å². The van der Waals surface area contributed by atoms with Crippen molar-refractivity contribution in [2.45, 2.75) is 31.9 Å². The van der Waals surface area contributed by atoms with E-state index < -0.39 is 41.9 Å². The number of benzene rings is 1. The highest BCUT2D eigenvalue weighted by atomic mass is 19.1. The zero-order valence-electron chi connectivity index (χ0n) is 14.7. The lowest BCUT2D eigenvalue weighted by Gasteiger charge is -2.30. The largest absolute Gasteiger partial charge is 0.466 e. The summed E-state index contributed by atoms with van der Waals surface area (Å²) in [5.74, 6) is -4.77. The maximum atomic E-state index is 14.3. The number of methoxy groups -OCH3 is 1. The summed E-state index contributed by atoms with van der Waals surface area (Å²) in [4.78, 5) is 24.8. The summed E-state index contributed by atoms with van der Waals surface area (Å²) < 4.78 is 60.8. The SMILES string of the molecule is COC(=O)C1=C(CF)NC2=C(C(=O)CC2)[C@@H]1c1cc(F)cc(F)c1[C@@H](C)F. The van der Waals surface area contributed by atoms with Gasteiger partial charge in [0.15, 0.2) is 5.78 Å². The maximum absolute atomic E-state index is 14.3. The second-order valence-electron chi connectivity index (χ2n) is 6.40. The molecule has 27 heavy (non-hydrogen) atoms. The quantitative estimate of drug-likeness (QED) is 0.636. The zero-order chi connectivity index (χ0) is 19.9. The number of esters is 1. The Bertz CT molecular complexity index is 889. The van der Waals surface area contributed by atoms with Crippen molar-refractivity contribution in [3.63, 3.8) is 0 Å². The van der Waals surface area contributed by atoms with E-state index in [-0.39, 0.29) is 41.0 Å². The number of hydrogen-bond acceptors (Lipinski definition) is 4. The molecule has 0 spiro atoms. The Hall–Kier alpha value is -2.64. The number of dihydropyridines is 1. The number of halogens is 4. The maximum Gasteiger partial charge on any atom is 0.336 e. The van der Waals surface area contributed by atoms with E-state index in [1.54, 1.807) is 0 Å². The number of hydrogen-bond donors (Lipinski definition) is 1. The van der Waals surface area contributed by atoms with Gasteiger partial charge in [-0.05, 0) is 25.0 Å². The average molecular weight is 383 g/mol. The van der Waals surface area contributed by atoms with Crippen molar-refractivity contribution in [3.05, 3.63) is 57.4 Å². The van der Waals surface area contributed by atoms with Gasteiger partial charge in [-0.3, -0.25) is 4.79 Å². The zero-order valence-corrected chi connectivity index (χ0v) is 14.7. The molecule has 0 unspecified atom stereocenters. The van der Waals surface area contributed by atoms with Gasteiger partial charge in [0.25, 0.3) is 0 Å². The molecule has 0 radical (unpaired) electrons. The molecule has 1 aliphatic heterocycles. The van der Waals surface area contributed by atoms with Crippen molar-refractivity contribution in [1.29, 1.82) is 0 Å². The molecule has 1 heterocycles. The van der Waals surface area contributed by atoms with Gasteiger partial charge in [0.2, 0.25) is 0 Å². The minimum Gasteiger partial charge on any atom is -0.466 e. The van der Waals surface area contributed by atoms with Crippen LogP contribution in [0.2, 0.25) is 0 Å². The van der Waals surface area contributed by atoms with Gasteiger partial charge in [-0.25, -0.2) is 22.4 Å². The van der Waals surface area contributed by atoms with Crippen LogP contribution in [0.15, 0.2) is 34.7 Å². The van der Waals surface area contributed by atoms with Gasteiger partial charge in [0.1, 0.15) is 24.5 Å². The standard InChI is InChI=1S/C19H17F4NO3/c1-8(21)15-10(5-9(22)6-11(15)23)16-17-12(3-4-14(17)25)24-13(7-20)18(16)19(26)27-2/h5-6,8,16,24H,3-4,7H2,1-2H3/t8-,16+/m1/s1. The number of carbonyl (C=O) groups is 2. The van der Waals surface area contributed by atoms with Crippen molar-refractivity contribution in [1.82, 2.24) is 5.32 Å². The molecule has 0 amide bonds. The van der Waals surface area contributed by atoms with Crippen molar-refractivity contribution in [2.75, 3.05) is 13.8 Å². The first-order chi connectivity index (χ1) is 12.8. The monoisotopic (exact) mass is 383 g/mol. The van der Waals surface area contributed by atoms with Crippen LogP contribution >= 0.6 is 0 Å². The van der Waals surface area contributed by atoms with Crippen molar-refractivity contribution >= 4 is 11.8 Å². The van der Waals surface area contributed by atoms with E-state index in [1.807, 2.05) is 0 Å². The molecule has 0 saturated carbocycles. The van der Waals surface area contributed by atoms with E-state index in [0.29, 0.717) is 11.8 Å². The van der Waals surface area contributed by atoms with Crippen LogP contribution in [0.25, 0.3) is 0 Å². The van der Waals surface area contributed by atoms with Crippen LogP contribution in [0, 0.1) is 11.6 Å². The number of rotatable bonds is 4. The predicted molar refractivity (Wildman–Crippen MR) is 88.0 cm³/mol. The molecular weight excluding hydrogens is 366 g/mol. The normalized spacial score (nSPS) is 20.5. The number of alkyl halides is 2. The number of carbonyl (C=O) groups excluding carboxylic acids is 2. The van der Waals surface area contributed by atoms with Crippen LogP contribution in [0.5, 0.6) is 0 Å². The van der Waals surface area contributed by atoms with Gasteiger partial charge < -0.3 is 10.1 Å². The van der Waals surface area contributed by atoms with Crippen molar-refractivity contribution in [3.8, 4) is 0 Å². The molecule has 0 aromatic heterocycles. The third-order valence-electron chi connectivity index (χ3n) is 4.81. The average Bonchev–Trinajstić information content (AvgIpc) is 2.99. The summed E-state index contributed by atoms with van der Waals surface area (Å²) in [5.41, 5.74) is -0.706. The van der Waals surface area contributed by atoms with E-state index >= 15 is 0 Å². The first-order valence-electron chi connectivity index (χ1n) is 8.33. The second kappa shape index (κ2) is 7.17. The number of ether oxygens (including phenoxy) is 1. The van der Waals surface area contributed by atoms with Crippen LogP contribution in [-0.4, -0.2) is 25.5 Å². The molecule has 2 aliphatic rings. The van der Waals surface area contributed by atoms with E-state index in [4.69, 9.17) is 4.74 Å². The molecule has 8 heteroatoms. The number of allylic oxidation sites excluding steroid dienone is 3. The smallest absolute Gasteiger partial charge is 0.336 e. The molecule has 4 nitrogen and oxygen atoms in total.